The molecule has 3 N–H and O–H groups in total. The average molecular weight is 423 g/mol. The molecule has 0 saturated heterocycles. The number of hydrogen-bond donors (Lipinski definition) is 3. The summed E-state index contributed by atoms with van der Waals surface area (Å²) in [6.07, 6.45) is 1.75. The molecule has 3 amide bonds. The number of aromatic amines is 1. The molecule has 3 aromatic carbocycles. The van der Waals surface area contributed by atoms with Crippen molar-refractivity contribution < 1.29 is 9.59 Å². The van der Waals surface area contributed by atoms with Crippen LogP contribution in [-0.4, -0.2) is 26.8 Å². The fourth-order valence-corrected chi connectivity index (χ4v) is 3.71. The van der Waals surface area contributed by atoms with Crippen molar-refractivity contribution in [3.05, 3.63) is 102 Å². The molecule has 0 fully saturated rings. The summed E-state index contributed by atoms with van der Waals surface area (Å²) in [5, 5.41) is 5.66. The van der Waals surface area contributed by atoms with Crippen LogP contribution in [0.1, 0.15) is 21.5 Å². The lowest BCUT2D eigenvalue weighted by Gasteiger charge is -2.16. The maximum Gasteiger partial charge on any atom is 0.322 e. The van der Waals surface area contributed by atoms with E-state index >= 15 is 0 Å². The Hall–Kier alpha value is -4.39. The summed E-state index contributed by atoms with van der Waals surface area (Å²) in [5.41, 5.74) is 5.15. The van der Waals surface area contributed by atoms with Gasteiger partial charge in [-0.15, -0.1) is 0 Å². The number of fused-ring (bicyclic) bond motifs is 1. The van der Waals surface area contributed by atoms with Crippen molar-refractivity contribution in [2.24, 2.45) is 0 Å². The molecule has 0 bridgehead atoms. The lowest BCUT2D eigenvalue weighted by molar-refractivity contribution is 0.102. The Labute approximate surface area is 185 Å². The van der Waals surface area contributed by atoms with E-state index in [2.05, 4.69) is 20.6 Å². The molecule has 32 heavy (non-hydrogen) atoms. The molecule has 1 aliphatic heterocycles. The predicted molar refractivity (Wildman–Crippen MR) is 123 cm³/mol. The normalized spacial score (nSPS) is 12.3. The SMILES string of the molecule is O=C(Nc1nc(-c2ccccc2)c[nH]1)c1ccc(NC(=O)N2Cc3ccccc3C2)cc1. The number of imidazole rings is 1. The molecular weight excluding hydrogens is 402 g/mol. The molecule has 0 aliphatic carbocycles. The van der Waals surface area contributed by atoms with E-state index in [4.69, 9.17) is 0 Å². The summed E-state index contributed by atoms with van der Waals surface area (Å²) in [6, 6.07) is 24.4. The summed E-state index contributed by atoms with van der Waals surface area (Å²) in [4.78, 5) is 34.3. The van der Waals surface area contributed by atoms with E-state index in [9.17, 15) is 9.59 Å². The van der Waals surface area contributed by atoms with Crippen molar-refractivity contribution in [3.8, 4) is 11.3 Å². The summed E-state index contributed by atoms with van der Waals surface area (Å²) in [6.45, 7) is 1.19. The van der Waals surface area contributed by atoms with Gasteiger partial charge in [-0.05, 0) is 35.4 Å². The Morgan fingerprint density at radius 2 is 1.47 bits per heavy atom. The maximum atomic E-state index is 12.6. The average Bonchev–Trinajstić information content (AvgIpc) is 3.47. The third-order valence-electron chi connectivity index (χ3n) is 5.41. The van der Waals surface area contributed by atoms with Gasteiger partial charge < -0.3 is 15.2 Å². The first-order valence-corrected chi connectivity index (χ1v) is 10.3. The molecule has 1 aliphatic rings. The van der Waals surface area contributed by atoms with E-state index in [0.29, 0.717) is 30.3 Å². The van der Waals surface area contributed by atoms with E-state index in [1.807, 2.05) is 54.6 Å². The van der Waals surface area contributed by atoms with Crippen LogP contribution in [0.25, 0.3) is 11.3 Å². The van der Waals surface area contributed by atoms with Gasteiger partial charge in [-0.2, -0.15) is 0 Å². The zero-order valence-corrected chi connectivity index (χ0v) is 17.2. The topological polar surface area (TPSA) is 90.1 Å². The number of rotatable bonds is 4. The molecule has 4 aromatic rings. The maximum absolute atomic E-state index is 12.6. The number of nitrogens with one attached hydrogen (secondary N) is 3. The lowest BCUT2D eigenvalue weighted by atomic mass is 10.1. The molecule has 0 saturated carbocycles. The van der Waals surface area contributed by atoms with Gasteiger partial charge in [-0.25, -0.2) is 9.78 Å². The van der Waals surface area contributed by atoms with Crippen LogP contribution in [0.5, 0.6) is 0 Å². The van der Waals surface area contributed by atoms with Crippen LogP contribution >= 0.6 is 0 Å². The summed E-state index contributed by atoms with van der Waals surface area (Å²) in [5.74, 6) is 0.0895. The highest BCUT2D eigenvalue weighted by molar-refractivity contribution is 6.03. The molecule has 0 unspecified atom stereocenters. The second kappa shape index (κ2) is 8.39. The minimum absolute atomic E-state index is 0.164. The number of benzene rings is 3. The molecule has 7 nitrogen and oxygen atoms in total. The fourth-order valence-electron chi connectivity index (χ4n) is 3.71. The quantitative estimate of drug-likeness (QED) is 0.437. The number of H-pyrrole nitrogens is 1. The molecular formula is C25H21N5O2. The summed E-state index contributed by atoms with van der Waals surface area (Å²) < 4.78 is 0. The standard InChI is InChI=1S/C25H21N5O2/c31-23(29-24-26-14-22(28-24)17-6-2-1-3-7-17)18-10-12-21(13-11-18)27-25(32)30-15-19-8-4-5-9-20(19)16-30/h1-14H,15-16H2,(H,27,32)(H2,26,28,29,31). The Kier molecular flexibility index (Phi) is 5.13. The van der Waals surface area contributed by atoms with Crippen molar-refractivity contribution in [1.29, 1.82) is 0 Å². The second-order valence-electron chi connectivity index (χ2n) is 7.59. The summed E-state index contributed by atoms with van der Waals surface area (Å²) >= 11 is 0. The third kappa shape index (κ3) is 4.09. The first-order chi connectivity index (χ1) is 15.7. The predicted octanol–water partition coefficient (Wildman–Crippen LogP) is 4.88. The Bertz CT molecular complexity index is 1240. The largest absolute Gasteiger partial charge is 0.330 e. The number of urea groups is 1. The van der Waals surface area contributed by atoms with Gasteiger partial charge in [-0.3, -0.25) is 10.1 Å². The van der Waals surface area contributed by atoms with Crippen molar-refractivity contribution in [3.63, 3.8) is 0 Å². The Morgan fingerprint density at radius 3 is 2.16 bits per heavy atom. The number of carbonyl (C=O) groups is 2. The van der Waals surface area contributed by atoms with Crippen LogP contribution in [0, 0.1) is 0 Å². The van der Waals surface area contributed by atoms with Crippen molar-refractivity contribution in [1.82, 2.24) is 14.9 Å². The zero-order chi connectivity index (χ0) is 21.9. The monoisotopic (exact) mass is 423 g/mol. The smallest absolute Gasteiger partial charge is 0.322 e. The van der Waals surface area contributed by atoms with Crippen molar-refractivity contribution >= 4 is 23.6 Å². The van der Waals surface area contributed by atoms with E-state index < -0.39 is 0 Å². The number of amides is 3. The molecule has 158 valence electrons. The van der Waals surface area contributed by atoms with E-state index in [-0.39, 0.29) is 11.9 Å². The minimum Gasteiger partial charge on any atom is -0.330 e. The molecule has 0 radical (unpaired) electrons. The van der Waals surface area contributed by atoms with Gasteiger partial charge >= 0.3 is 6.03 Å². The van der Waals surface area contributed by atoms with Crippen molar-refractivity contribution in [2.75, 3.05) is 10.6 Å². The molecule has 5 rings (SSSR count). The van der Waals surface area contributed by atoms with E-state index in [1.54, 1.807) is 35.4 Å². The van der Waals surface area contributed by atoms with Gasteiger partial charge in [0.25, 0.3) is 5.91 Å². The van der Waals surface area contributed by atoms with E-state index in [1.165, 1.54) is 11.1 Å². The van der Waals surface area contributed by atoms with E-state index in [0.717, 1.165) is 11.3 Å². The van der Waals surface area contributed by atoms with Crippen LogP contribution in [0.3, 0.4) is 0 Å². The van der Waals surface area contributed by atoms with Gasteiger partial charge in [0.1, 0.15) is 0 Å². The van der Waals surface area contributed by atoms with Gasteiger partial charge in [0.05, 0.1) is 5.69 Å². The molecule has 0 atom stereocenters. The van der Waals surface area contributed by atoms with Crippen LogP contribution in [0.4, 0.5) is 16.4 Å². The molecule has 7 heteroatoms. The lowest BCUT2D eigenvalue weighted by Crippen LogP contribution is -2.30. The fraction of sp³-hybridized carbons (Fsp3) is 0.0800. The highest BCUT2D eigenvalue weighted by Gasteiger charge is 2.22. The second-order valence-corrected chi connectivity index (χ2v) is 7.59. The molecule has 1 aromatic heterocycles. The number of aromatic nitrogens is 2. The van der Waals surface area contributed by atoms with Gasteiger partial charge in [-0.1, -0.05) is 54.6 Å². The van der Waals surface area contributed by atoms with Crippen LogP contribution in [0.15, 0.2) is 85.1 Å². The minimum atomic E-state index is -0.285. The Morgan fingerprint density at radius 1 is 0.812 bits per heavy atom. The number of anilines is 2. The molecule has 2 heterocycles. The summed E-state index contributed by atoms with van der Waals surface area (Å²) in [7, 11) is 0. The number of hydrogen-bond acceptors (Lipinski definition) is 3. The zero-order valence-electron chi connectivity index (χ0n) is 17.2. The van der Waals surface area contributed by atoms with Crippen LogP contribution in [-0.2, 0) is 13.1 Å². The first-order valence-electron chi connectivity index (χ1n) is 10.3. The van der Waals surface area contributed by atoms with Gasteiger partial charge in [0, 0.05) is 36.1 Å². The molecule has 0 spiro atoms. The first kappa shape index (κ1) is 19.6. The Balaban J connectivity index is 1.19. The van der Waals surface area contributed by atoms with Crippen molar-refractivity contribution in [2.45, 2.75) is 13.1 Å². The highest BCUT2D eigenvalue weighted by Crippen LogP contribution is 2.23. The van der Waals surface area contributed by atoms with Crippen LogP contribution in [0.2, 0.25) is 0 Å². The van der Waals surface area contributed by atoms with Gasteiger partial charge in [0.2, 0.25) is 5.95 Å². The van der Waals surface area contributed by atoms with Gasteiger partial charge in [0.15, 0.2) is 0 Å². The third-order valence-corrected chi connectivity index (χ3v) is 5.41. The number of nitrogens with zero attached hydrogens (tertiary/aromatic N) is 2. The van der Waals surface area contributed by atoms with Crippen LogP contribution < -0.4 is 10.6 Å². The number of carbonyl (C=O) groups excluding carboxylic acids is 2. The highest BCUT2D eigenvalue weighted by atomic mass is 16.2.